The molecule has 7 nitrogen and oxygen atoms in total. The molecule has 1 N–H and O–H groups in total. The summed E-state index contributed by atoms with van der Waals surface area (Å²) in [6.45, 7) is 12.5. The quantitative estimate of drug-likeness (QED) is 0.423. The van der Waals surface area contributed by atoms with E-state index in [0.717, 1.165) is 39.4 Å². The molecule has 0 saturated carbocycles. The average Bonchev–Trinajstić information content (AvgIpc) is 3.38. The van der Waals surface area contributed by atoms with E-state index < -0.39 is 0 Å². The van der Waals surface area contributed by atoms with Crippen molar-refractivity contribution < 1.29 is 13.9 Å². The lowest BCUT2D eigenvalue weighted by Gasteiger charge is -2.28. The van der Waals surface area contributed by atoms with Crippen molar-refractivity contribution >= 4 is 5.91 Å². The molecule has 1 fully saturated rings. The monoisotopic (exact) mass is 490 g/mol. The minimum atomic E-state index is -0.204. The van der Waals surface area contributed by atoms with Crippen LogP contribution in [0.3, 0.4) is 0 Å². The first kappa shape index (κ1) is 26.1. The Bertz CT molecular complexity index is 1080. The van der Waals surface area contributed by atoms with Crippen LogP contribution in [0.25, 0.3) is 0 Å². The van der Waals surface area contributed by atoms with Gasteiger partial charge in [0.2, 0.25) is 5.89 Å². The minimum Gasteiger partial charge on any atom is -0.447 e. The van der Waals surface area contributed by atoms with Crippen molar-refractivity contribution in [2.75, 3.05) is 39.4 Å². The Morgan fingerprint density at radius 1 is 1.00 bits per heavy atom. The Morgan fingerprint density at radius 3 is 2.42 bits per heavy atom. The van der Waals surface area contributed by atoms with Crippen molar-refractivity contribution in [3.8, 4) is 0 Å². The van der Waals surface area contributed by atoms with E-state index in [0.29, 0.717) is 30.6 Å². The molecule has 192 valence electrons. The average molecular weight is 491 g/mol. The molecule has 1 aliphatic heterocycles. The number of hydrogen-bond acceptors (Lipinski definition) is 6. The van der Waals surface area contributed by atoms with Gasteiger partial charge >= 0.3 is 0 Å². The molecule has 1 unspecified atom stereocenters. The standard InChI is InChI=1S/C29H38N4O3/c1-22(2)25-11-9-24(10-12-25)19-33(23(3)26-7-5-4-6-8-26)20-28-31-27(21-36-28)29(34)30-13-14-32-15-17-35-18-16-32/h4-12,21-23H,13-20H2,1-3H3,(H,30,34). The largest absolute Gasteiger partial charge is 0.447 e. The fraction of sp³-hybridized carbons (Fsp3) is 0.448. The predicted octanol–water partition coefficient (Wildman–Crippen LogP) is 4.62. The summed E-state index contributed by atoms with van der Waals surface area (Å²) in [7, 11) is 0. The summed E-state index contributed by atoms with van der Waals surface area (Å²) < 4.78 is 11.1. The van der Waals surface area contributed by atoms with E-state index in [4.69, 9.17) is 9.15 Å². The highest BCUT2D eigenvalue weighted by molar-refractivity contribution is 5.91. The Morgan fingerprint density at radius 2 is 1.72 bits per heavy atom. The number of nitrogens with one attached hydrogen (secondary N) is 1. The van der Waals surface area contributed by atoms with Crippen LogP contribution in [0, 0.1) is 0 Å². The summed E-state index contributed by atoms with van der Waals surface area (Å²) in [4.78, 5) is 21.8. The highest BCUT2D eigenvalue weighted by atomic mass is 16.5. The molecule has 36 heavy (non-hydrogen) atoms. The number of carbonyl (C=O) groups excluding carboxylic acids is 1. The highest BCUT2D eigenvalue weighted by Crippen LogP contribution is 2.25. The minimum absolute atomic E-state index is 0.147. The number of benzene rings is 2. The first-order valence-corrected chi connectivity index (χ1v) is 12.9. The molecule has 0 spiro atoms. The van der Waals surface area contributed by atoms with E-state index >= 15 is 0 Å². The second kappa shape index (κ2) is 12.8. The van der Waals surface area contributed by atoms with E-state index in [-0.39, 0.29) is 11.9 Å². The fourth-order valence-corrected chi connectivity index (χ4v) is 4.42. The van der Waals surface area contributed by atoms with Gasteiger partial charge in [0, 0.05) is 38.8 Å². The normalized spacial score (nSPS) is 15.4. The van der Waals surface area contributed by atoms with Gasteiger partial charge in [0.1, 0.15) is 6.26 Å². The maximum atomic E-state index is 12.6. The smallest absolute Gasteiger partial charge is 0.273 e. The zero-order valence-electron chi connectivity index (χ0n) is 21.7. The molecule has 0 radical (unpaired) electrons. The molecule has 0 bridgehead atoms. The first-order chi connectivity index (χ1) is 17.5. The maximum absolute atomic E-state index is 12.6. The molecule has 2 heterocycles. The van der Waals surface area contributed by atoms with Crippen LogP contribution in [0.4, 0.5) is 0 Å². The van der Waals surface area contributed by atoms with E-state index in [1.807, 2.05) is 6.07 Å². The number of morpholine rings is 1. The third kappa shape index (κ3) is 7.26. The number of ether oxygens (including phenoxy) is 1. The molecular weight excluding hydrogens is 452 g/mol. The number of carbonyl (C=O) groups is 1. The predicted molar refractivity (Wildman–Crippen MR) is 141 cm³/mol. The van der Waals surface area contributed by atoms with Gasteiger partial charge in [0.05, 0.1) is 19.8 Å². The number of oxazole rings is 1. The van der Waals surface area contributed by atoms with Crippen molar-refractivity contribution in [1.82, 2.24) is 20.1 Å². The third-order valence-electron chi connectivity index (χ3n) is 6.80. The van der Waals surface area contributed by atoms with Crippen LogP contribution in [-0.2, 0) is 17.8 Å². The Hall–Kier alpha value is -3.00. The fourth-order valence-electron chi connectivity index (χ4n) is 4.42. The van der Waals surface area contributed by atoms with E-state index in [9.17, 15) is 4.79 Å². The zero-order chi connectivity index (χ0) is 25.3. The summed E-state index contributed by atoms with van der Waals surface area (Å²) in [5.74, 6) is 0.837. The summed E-state index contributed by atoms with van der Waals surface area (Å²) >= 11 is 0. The number of aromatic nitrogens is 1. The van der Waals surface area contributed by atoms with Crippen molar-refractivity contribution in [2.24, 2.45) is 0 Å². The topological polar surface area (TPSA) is 70.8 Å². The lowest BCUT2D eigenvalue weighted by Crippen LogP contribution is -2.41. The lowest BCUT2D eigenvalue weighted by molar-refractivity contribution is 0.0383. The van der Waals surface area contributed by atoms with Gasteiger partial charge in [0.25, 0.3) is 5.91 Å². The molecule has 7 heteroatoms. The molecule has 1 amide bonds. The molecule has 1 atom stereocenters. The summed E-state index contributed by atoms with van der Waals surface area (Å²) in [6, 6.07) is 19.4. The van der Waals surface area contributed by atoms with Gasteiger partial charge in [0.15, 0.2) is 5.69 Å². The van der Waals surface area contributed by atoms with Crippen LogP contribution < -0.4 is 5.32 Å². The van der Waals surface area contributed by atoms with Gasteiger partial charge in [-0.2, -0.15) is 0 Å². The van der Waals surface area contributed by atoms with Gasteiger partial charge in [-0.25, -0.2) is 4.98 Å². The molecule has 1 aliphatic rings. The first-order valence-electron chi connectivity index (χ1n) is 12.9. The summed E-state index contributed by atoms with van der Waals surface area (Å²) in [5.41, 5.74) is 4.11. The van der Waals surface area contributed by atoms with Gasteiger partial charge in [-0.15, -0.1) is 0 Å². The molecule has 1 aromatic heterocycles. The third-order valence-corrected chi connectivity index (χ3v) is 6.80. The maximum Gasteiger partial charge on any atom is 0.273 e. The van der Waals surface area contributed by atoms with Crippen LogP contribution in [0.2, 0.25) is 0 Å². The second-order valence-corrected chi connectivity index (χ2v) is 9.72. The molecule has 1 saturated heterocycles. The van der Waals surface area contributed by atoms with Crippen molar-refractivity contribution in [2.45, 2.75) is 45.8 Å². The van der Waals surface area contributed by atoms with E-state index in [1.54, 1.807) is 0 Å². The second-order valence-electron chi connectivity index (χ2n) is 9.72. The Kier molecular flexibility index (Phi) is 9.28. The van der Waals surface area contributed by atoms with Crippen LogP contribution in [0.1, 0.15) is 65.8 Å². The Labute approximate surface area is 214 Å². The summed E-state index contributed by atoms with van der Waals surface area (Å²) in [6.07, 6.45) is 1.46. The highest BCUT2D eigenvalue weighted by Gasteiger charge is 2.21. The van der Waals surface area contributed by atoms with E-state index in [2.05, 4.69) is 89.4 Å². The lowest BCUT2D eigenvalue weighted by atomic mass is 10.0. The van der Waals surface area contributed by atoms with E-state index in [1.165, 1.54) is 23.0 Å². The van der Waals surface area contributed by atoms with Gasteiger partial charge in [-0.3, -0.25) is 14.6 Å². The van der Waals surface area contributed by atoms with Crippen LogP contribution in [-0.4, -0.2) is 60.1 Å². The molecule has 0 aliphatic carbocycles. The van der Waals surface area contributed by atoms with Crippen molar-refractivity contribution in [3.63, 3.8) is 0 Å². The molecule has 4 rings (SSSR count). The zero-order valence-corrected chi connectivity index (χ0v) is 21.7. The van der Waals surface area contributed by atoms with Crippen LogP contribution in [0.5, 0.6) is 0 Å². The molecule has 2 aromatic carbocycles. The SMILES string of the molecule is CC(C)c1ccc(CN(Cc2nc(C(=O)NCCN3CCOCC3)co2)C(C)c2ccccc2)cc1. The van der Waals surface area contributed by atoms with Crippen molar-refractivity contribution in [1.29, 1.82) is 0 Å². The number of nitrogens with zero attached hydrogens (tertiary/aromatic N) is 3. The van der Waals surface area contributed by atoms with Crippen LogP contribution >= 0.6 is 0 Å². The molecular formula is C29H38N4O3. The summed E-state index contributed by atoms with van der Waals surface area (Å²) in [5, 5.41) is 2.96. The van der Waals surface area contributed by atoms with Crippen LogP contribution in [0.15, 0.2) is 65.3 Å². The number of rotatable bonds is 11. The number of amides is 1. The van der Waals surface area contributed by atoms with Gasteiger partial charge in [-0.05, 0) is 29.5 Å². The molecule has 3 aromatic rings. The Balaban J connectivity index is 1.40. The number of hydrogen-bond donors (Lipinski definition) is 1. The van der Waals surface area contributed by atoms with Crippen molar-refractivity contribution in [3.05, 3.63) is 89.1 Å². The van der Waals surface area contributed by atoms with Gasteiger partial charge < -0.3 is 14.5 Å². The van der Waals surface area contributed by atoms with Gasteiger partial charge in [-0.1, -0.05) is 68.4 Å².